The summed E-state index contributed by atoms with van der Waals surface area (Å²) >= 11 is 0. The maximum Gasteiger partial charge on any atom is 0.248 e. The molecule has 1 N–H and O–H groups in total. The lowest BCUT2D eigenvalue weighted by Crippen LogP contribution is -2.39. The van der Waals surface area contributed by atoms with Gasteiger partial charge in [0.05, 0.1) is 24.4 Å². The number of hydrogen-bond donors (Lipinski definition) is 1. The molecule has 1 aliphatic rings. The van der Waals surface area contributed by atoms with Crippen LogP contribution >= 0.6 is 0 Å². The molecule has 0 aliphatic carbocycles. The van der Waals surface area contributed by atoms with Crippen molar-refractivity contribution in [2.45, 2.75) is 58.0 Å². The Morgan fingerprint density at radius 2 is 1.91 bits per heavy atom. The first-order valence-corrected chi connectivity index (χ1v) is 7.72. The van der Waals surface area contributed by atoms with E-state index in [1.807, 2.05) is 27.7 Å². The van der Waals surface area contributed by atoms with Crippen LogP contribution in [0.1, 0.15) is 40.5 Å². The zero-order valence-electron chi connectivity index (χ0n) is 14.2. The number of hydrogen-bond acceptors (Lipinski definition) is 4. The molecule has 126 valence electrons. The van der Waals surface area contributed by atoms with Gasteiger partial charge in [0.1, 0.15) is 6.23 Å². The number of ether oxygens (including phenoxy) is 2. The second-order valence-corrected chi connectivity index (χ2v) is 6.77. The summed E-state index contributed by atoms with van der Waals surface area (Å²) in [4.78, 5) is 13.0. The standard InChI is InChI=1S/C17H29NO4/c1-6-12-21-17(4,5)10-13-22-16(2,3)9-11-18-14(19)7-8-15(18)20/h6-8,14,19H,1,9-13H2,2-5H3. The molecule has 0 radical (unpaired) electrons. The average Bonchev–Trinajstić information content (AvgIpc) is 2.73. The molecule has 0 aromatic heterocycles. The summed E-state index contributed by atoms with van der Waals surface area (Å²) in [5.74, 6) is -0.151. The highest BCUT2D eigenvalue weighted by Gasteiger charge is 2.27. The molecule has 0 saturated carbocycles. The predicted molar refractivity (Wildman–Crippen MR) is 86.4 cm³/mol. The number of nitrogens with zero attached hydrogens (tertiary/aromatic N) is 1. The van der Waals surface area contributed by atoms with Crippen LogP contribution in [0.2, 0.25) is 0 Å². The Morgan fingerprint density at radius 1 is 1.27 bits per heavy atom. The highest BCUT2D eigenvalue weighted by molar-refractivity contribution is 5.90. The van der Waals surface area contributed by atoms with Gasteiger partial charge in [0.15, 0.2) is 0 Å². The van der Waals surface area contributed by atoms with Gasteiger partial charge in [0.2, 0.25) is 5.91 Å². The first-order chi connectivity index (χ1) is 10.2. The van der Waals surface area contributed by atoms with E-state index in [4.69, 9.17) is 9.47 Å². The molecule has 1 rings (SSSR count). The highest BCUT2D eigenvalue weighted by atomic mass is 16.5. The van der Waals surface area contributed by atoms with Crippen LogP contribution in [-0.2, 0) is 14.3 Å². The Bertz CT molecular complexity index is 415. The van der Waals surface area contributed by atoms with Crippen LogP contribution in [0, 0.1) is 0 Å². The summed E-state index contributed by atoms with van der Waals surface area (Å²) < 4.78 is 11.6. The summed E-state index contributed by atoms with van der Waals surface area (Å²) in [5, 5.41) is 9.67. The molecule has 0 spiro atoms. The van der Waals surface area contributed by atoms with Gasteiger partial charge < -0.3 is 19.5 Å². The van der Waals surface area contributed by atoms with Gasteiger partial charge in [-0.25, -0.2) is 0 Å². The van der Waals surface area contributed by atoms with Gasteiger partial charge in [-0.3, -0.25) is 4.79 Å². The van der Waals surface area contributed by atoms with Gasteiger partial charge in [0.25, 0.3) is 0 Å². The minimum atomic E-state index is -0.811. The minimum Gasteiger partial charge on any atom is -0.375 e. The molecule has 1 unspecified atom stereocenters. The first kappa shape index (κ1) is 18.9. The van der Waals surface area contributed by atoms with Gasteiger partial charge >= 0.3 is 0 Å². The third-order valence-corrected chi connectivity index (χ3v) is 3.76. The Kier molecular flexibility index (Phi) is 6.78. The molecular formula is C17H29NO4. The second kappa shape index (κ2) is 7.90. The van der Waals surface area contributed by atoms with E-state index < -0.39 is 6.23 Å². The SMILES string of the molecule is C=CCOC(C)(C)CCOC(C)(C)CCN1C(=O)C=CC1O. The summed E-state index contributed by atoms with van der Waals surface area (Å²) in [7, 11) is 0. The van der Waals surface area contributed by atoms with E-state index in [1.165, 1.54) is 17.1 Å². The molecule has 5 nitrogen and oxygen atoms in total. The summed E-state index contributed by atoms with van der Waals surface area (Å²) in [5.41, 5.74) is -0.619. The van der Waals surface area contributed by atoms with E-state index in [-0.39, 0.29) is 17.1 Å². The van der Waals surface area contributed by atoms with Gasteiger partial charge in [-0.1, -0.05) is 6.08 Å². The predicted octanol–water partition coefficient (Wildman–Crippen LogP) is 2.26. The van der Waals surface area contributed by atoms with E-state index in [2.05, 4.69) is 6.58 Å². The molecule has 1 amide bonds. The number of carbonyl (C=O) groups is 1. The van der Waals surface area contributed by atoms with Crippen molar-refractivity contribution in [1.82, 2.24) is 4.90 Å². The molecule has 22 heavy (non-hydrogen) atoms. The normalized spacial score (nSPS) is 19.0. The smallest absolute Gasteiger partial charge is 0.248 e. The molecule has 0 saturated heterocycles. The van der Waals surface area contributed by atoms with Gasteiger partial charge in [0, 0.05) is 12.6 Å². The lowest BCUT2D eigenvalue weighted by molar-refractivity contribution is -0.132. The zero-order valence-corrected chi connectivity index (χ0v) is 14.2. The van der Waals surface area contributed by atoms with Crippen molar-refractivity contribution in [3.63, 3.8) is 0 Å². The van der Waals surface area contributed by atoms with Crippen molar-refractivity contribution in [2.75, 3.05) is 19.8 Å². The van der Waals surface area contributed by atoms with Crippen LogP contribution < -0.4 is 0 Å². The highest BCUT2D eigenvalue weighted by Crippen LogP contribution is 2.21. The Labute approximate surface area is 133 Å². The average molecular weight is 311 g/mol. The third-order valence-electron chi connectivity index (χ3n) is 3.76. The van der Waals surface area contributed by atoms with E-state index in [1.54, 1.807) is 6.08 Å². The minimum absolute atomic E-state index is 0.151. The Morgan fingerprint density at radius 3 is 2.45 bits per heavy atom. The summed E-state index contributed by atoms with van der Waals surface area (Å²) in [6, 6.07) is 0. The number of aliphatic hydroxyl groups excluding tert-OH is 1. The van der Waals surface area contributed by atoms with Crippen molar-refractivity contribution in [3.8, 4) is 0 Å². The largest absolute Gasteiger partial charge is 0.375 e. The lowest BCUT2D eigenvalue weighted by Gasteiger charge is -2.31. The van der Waals surface area contributed by atoms with E-state index in [0.717, 1.165) is 6.42 Å². The zero-order chi connectivity index (χ0) is 16.8. The quantitative estimate of drug-likeness (QED) is 0.629. The fraction of sp³-hybridized carbons (Fsp3) is 0.706. The maximum absolute atomic E-state index is 11.6. The van der Waals surface area contributed by atoms with Crippen molar-refractivity contribution >= 4 is 5.91 Å². The van der Waals surface area contributed by atoms with Crippen molar-refractivity contribution in [2.24, 2.45) is 0 Å². The van der Waals surface area contributed by atoms with E-state index in [9.17, 15) is 9.90 Å². The third kappa shape index (κ3) is 6.30. The number of aliphatic hydroxyl groups is 1. The molecular weight excluding hydrogens is 282 g/mol. The number of rotatable bonds is 10. The van der Waals surface area contributed by atoms with Crippen LogP contribution in [0.25, 0.3) is 0 Å². The van der Waals surface area contributed by atoms with Crippen molar-refractivity contribution in [1.29, 1.82) is 0 Å². The van der Waals surface area contributed by atoms with Gasteiger partial charge in [-0.15, -0.1) is 6.58 Å². The van der Waals surface area contributed by atoms with Crippen molar-refractivity contribution < 1.29 is 19.4 Å². The summed E-state index contributed by atoms with van der Waals surface area (Å²) in [6.45, 7) is 13.2. The van der Waals surface area contributed by atoms with Crippen LogP contribution in [0.5, 0.6) is 0 Å². The molecule has 0 aromatic rings. The molecule has 1 heterocycles. The van der Waals surface area contributed by atoms with Crippen LogP contribution in [-0.4, -0.2) is 53.1 Å². The molecule has 0 fully saturated rings. The fourth-order valence-corrected chi connectivity index (χ4v) is 2.13. The van der Waals surface area contributed by atoms with Crippen LogP contribution in [0.4, 0.5) is 0 Å². The van der Waals surface area contributed by atoms with Crippen LogP contribution in [0.3, 0.4) is 0 Å². The van der Waals surface area contributed by atoms with Gasteiger partial charge in [-0.2, -0.15) is 0 Å². The fourth-order valence-electron chi connectivity index (χ4n) is 2.13. The Hall–Kier alpha value is -1.17. The van der Waals surface area contributed by atoms with Crippen molar-refractivity contribution in [3.05, 3.63) is 24.8 Å². The molecule has 0 bridgehead atoms. The topological polar surface area (TPSA) is 59.0 Å². The van der Waals surface area contributed by atoms with E-state index in [0.29, 0.717) is 26.2 Å². The molecule has 5 heteroatoms. The lowest BCUT2D eigenvalue weighted by atomic mass is 10.0. The summed E-state index contributed by atoms with van der Waals surface area (Å²) in [6.07, 6.45) is 5.25. The number of amides is 1. The van der Waals surface area contributed by atoms with Gasteiger partial charge in [-0.05, 0) is 46.6 Å². The van der Waals surface area contributed by atoms with Crippen LogP contribution in [0.15, 0.2) is 24.8 Å². The Balaban J connectivity index is 2.31. The second-order valence-electron chi connectivity index (χ2n) is 6.77. The molecule has 1 aliphatic heterocycles. The number of carbonyl (C=O) groups excluding carboxylic acids is 1. The molecule has 1 atom stereocenters. The molecule has 0 aromatic carbocycles. The monoisotopic (exact) mass is 311 g/mol. The maximum atomic E-state index is 11.6. The van der Waals surface area contributed by atoms with E-state index >= 15 is 0 Å². The first-order valence-electron chi connectivity index (χ1n) is 7.72.